The van der Waals surface area contributed by atoms with Gasteiger partial charge < -0.3 is 10.1 Å². The lowest BCUT2D eigenvalue weighted by Gasteiger charge is -2.13. The van der Waals surface area contributed by atoms with Crippen molar-refractivity contribution in [2.24, 2.45) is 0 Å². The Bertz CT molecular complexity index is 934. The second-order valence-corrected chi connectivity index (χ2v) is 6.27. The van der Waals surface area contributed by atoms with Crippen LogP contribution in [-0.2, 0) is 16.1 Å². The van der Waals surface area contributed by atoms with Crippen LogP contribution >= 0.6 is 0 Å². The molecule has 1 N–H and O–H groups in total. The molecule has 0 fully saturated rings. The van der Waals surface area contributed by atoms with Crippen LogP contribution in [-0.4, -0.2) is 39.5 Å². The number of carbonyl (C=O) groups excluding carboxylic acids is 2. The Morgan fingerprint density at radius 3 is 2.63 bits per heavy atom. The molecule has 1 amide bonds. The molecule has 2 aromatic carbocycles. The summed E-state index contributed by atoms with van der Waals surface area (Å²) in [6.45, 7) is 4.63. The molecule has 7 heteroatoms. The Morgan fingerprint density at radius 2 is 1.89 bits per heavy atom. The third-order valence-corrected chi connectivity index (χ3v) is 4.14. The Balaban J connectivity index is 1.63. The Morgan fingerprint density at radius 1 is 1.15 bits per heavy atom. The van der Waals surface area contributed by atoms with Crippen molar-refractivity contribution in [2.75, 3.05) is 6.54 Å². The van der Waals surface area contributed by atoms with Crippen LogP contribution in [0.1, 0.15) is 36.2 Å². The molecule has 0 saturated heterocycles. The molecule has 140 valence electrons. The minimum absolute atomic E-state index is 0.292. The Kier molecular flexibility index (Phi) is 5.80. The Labute approximate surface area is 157 Å². The van der Waals surface area contributed by atoms with Crippen molar-refractivity contribution < 1.29 is 14.3 Å². The molecule has 0 aliphatic heterocycles. The highest BCUT2D eigenvalue weighted by atomic mass is 16.5. The first kappa shape index (κ1) is 18.6. The second kappa shape index (κ2) is 8.44. The predicted molar refractivity (Wildman–Crippen MR) is 101 cm³/mol. The van der Waals surface area contributed by atoms with E-state index in [1.807, 2.05) is 48.0 Å². The van der Waals surface area contributed by atoms with Gasteiger partial charge in [0.15, 0.2) is 6.10 Å². The highest BCUT2D eigenvalue weighted by Gasteiger charge is 2.18. The van der Waals surface area contributed by atoms with Crippen LogP contribution in [0.2, 0.25) is 0 Å². The van der Waals surface area contributed by atoms with Crippen LogP contribution in [0, 0.1) is 0 Å². The van der Waals surface area contributed by atoms with Crippen molar-refractivity contribution in [3.8, 4) is 0 Å². The number of ether oxygens (including phenoxy) is 1. The molecule has 7 nitrogen and oxygen atoms in total. The minimum atomic E-state index is -0.828. The Hall–Kier alpha value is -3.22. The molecule has 1 heterocycles. The van der Waals surface area contributed by atoms with Gasteiger partial charge in [-0.2, -0.15) is 0 Å². The van der Waals surface area contributed by atoms with E-state index in [9.17, 15) is 9.59 Å². The van der Waals surface area contributed by atoms with Gasteiger partial charge in [-0.1, -0.05) is 36.4 Å². The van der Waals surface area contributed by atoms with Gasteiger partial charge in [0.1, 0.15) is 5.52 Å². The summed E-state index contributed by atoms with van der Waals surface area (Å²) in [5, 5.41) is 11.0. The summed E-state index contributed by atoms with van der Waals surface area (Å²) in [4.78, 5) is 24.0. The summed E-state index contributed by atoms with van der Waals surface area (Å²) >= 11 is 0. The van der Waals surface area contributed by atoms with Crippen molar-refractivity contribution in [1.82, 2.24) is 20.3 Å². The minimum Gasteiger partial charge on any atom is -0.449 e. The lowest BCUT2D eigenvalue weighted by atomic mass is 10.1. The normalized spacial score (nSPS) is 11.9. The maximum Gasteiger partial charge on any atom is 0.338 e. The molecule has 1 atom stereocenters. The summed E-state index contributed by atoms with van der Waals surface area (Å²) in [6.07, 6.45) is -0.000181. The molecule has 0 radical (unpaired) electrons. The van der Waals surface area contributed by atoms with Gasteiger partial charge in [0.05, 0.1) is 17.6 Å². The topological polar surface area (TPSA) is 86.1 Å². The van der Waals surface area contributed by atoms with Crippen LogP contribution < -0.4 is 5.32 Å². The van der Waals surface area contributed by atoms with E-state index in [-0.39, 0.29) is 5.91 Å². The first-order chi connectivity index (χ1) is 13.1. The molecular weight excluding hydrogens is 344 g/mol. The van der Waals surface area contributed by atoms with E-state index in [1.165, 1.54) is 0 Å². The summed E-state index contributed by atoms with van der Waals surface area (Å²) < 4.78 is 7.03. The molecule has 3 rings (SSSR count). The van der Waals surface area contributed by atoms with E-state index in [1.54, 1.807) is 19.1 Å². The summed E-state index contributed by atoms with van der Waals surface area (Å²) in [5.41, 5.74) is 3.18. The molecule has 0 unspecified atom stereocenters. The molecule has 0 aliphatic rings. The van der Waals surface area contributed by atoms with Crippen molar-refractivity contribution in [3.05, 3.63) is 59.7 Å². The standard InChI is InChI=1S/C20H22N4O3/c1-3-12-21-19(25)14(2)27-20(26)16-10-8-15(9-11-16)13-24-18-7-5-4-6-17(18)22-23-24/h4-11,14H,3,12-13H2,1-2H3,(H,21,25)/t14-/m0/s1. The average Bonchev–Trinajstić information content (AvgIpc) is 3.09. The zero-order chi connectivity index (χ0) is 19.2. The smallest absolute Gasteiger partial charge is 0.338 e. The van der Waals surface area contributed by atoms with E-state index < -0.39 is 12.1 Å². The fourth-order valence-corrected chi connectivity index (χ4v) is 2.63. The van der Waals surface area contributed by atoms with E-state index >= 15 is 0 Å². The number of esters is 1. The lowest BCUT2D eigenvalue weighted by Crippen LogP contribution is -2.36. The number of benzene rings is 2. The second-order valence-electron chi connectivity index (χ2n) is 6.27. The third kappa shape index (κ3) is 4.49. The van der Waals surface area contributed by atoms with Gasteiger partial charge in [-0.05, 0) is 43.2 Å². The van der Waals surface area contributed by atoms with E-state index in [0.29, 0.717) is 18.7 Å². The quantitative estimate of drug-likeness (QED) is 0.650. The van der Waals surface area contributed by atoms with Gasteiger partial charge >= 0.3 is 5.97 Å². The number of amides is 1. The van der Waals surface area contributed by atoms with Gasteiger partial charge in [-0.25, -0.2) is 9.48 Å². The average molecular weight is 366 g/mol. The molecular formula is C20H22N4O3. The van der Waals surface area contributed by atoms with Crippen molar-refractivity contribution in [2.45, 2.75) is 32.9 Å². The monoisotopic (exact) mass is 366 g/mol. The summed E-state index contributed by atoms with van der Waals surface area (Å²) in [5.74, 6) is -0.813. The SMILES string of the molecule is CCCNC(=O)[C@H](C)OC(=O)c1ccc(Cn2nnc3ccccc32)cc1. The van der Waals surface area contributed by atoms with Crippen LogP contribution in [0.25, 0.3) is 11.0 Å². The zero-order valence-corrected chi connectivity index (χ0v) is 15.4. The highest BCUT2D eigenvalue weighted by Crippen LogP contribution is 2.13. The van der Waals surface area contributed by atoms with E-state index in [4.69, 9.17) is 4.74 Å². The van der Waals surface area contributed by atoms with Crippen molar-refractivity contribution in [3.63, 3.8) is 0 Å². The third-order valence-electron chi connectivity index (χ3n) is 4.14. The van der Waals surface area contributed by atoms with Crippen molar-refractivity contribution >= 4 is 22.9 Å². The van der Waals surface area contributed by atoms with Crippen LogP contribution in [0.3, 0.4) is 0 Å². The maximum absolute atomic E-state index is 12.2. The van der Waals surface area contributed by atoms with Crippen LogP contribution in [0.5, 0.6) is 0 Å². The number of hydrogen-bond acceptors (Lipinski definition) is 5. The number of hydrogen-bond donors (Lipinski definition) is 1. The summed E-state index contributed by atoms with van der Waals surface area (Å²) in [6, 6.07) is 14.8. The number of rotatable bonds is 7. The number of fused-ring (bicyclic) bond motifs is 1. The number of nitrogens with one attached hydrogen (secondary N) is 1. The van der Waals surface area contributed by atoms with E-state index in [2.05, 4.69) is 15.6 Å². The molecule has 3 aromatic rings. The maximum atomic E-state index is 12.2. The highest BCUT2D eigenvalue weighted by molar-refractivity contribution is 5.92. The van der Waals surface area contributed by atoms with Gasteiger partial charge in [-0.15, -0.1) is 5.10 Å². The fraction of sp³-hybridized carbons (Fsp3) is 0.300. The zero-order valence-electron chi connectivity index (χ0n) is 15.4. The first-order valence-corrected chi connectivity index (χ1v) is 8.94. The molecule has 27 heavy (non-hydrogen) atoms. The van der Waals surface area contributed by atoms with Crippen LogP contribution in [0.4, 0.5) is 0 Å². The number of para-hydroxylation sites is 1. The molecule has 0 spiro atoms. The van der Waals surface area contributed by atoms with E-state index in [0.717, 1.165) is 23.0 Å². The van der Waals surface area contributed by atoms with Gasteiger partial charge in [0.2, 0.25) is 0 Å². The fourth-order valence-electron chi connectivity index (χ4n) is 2.63. The number of aromatic nitrogens is 3. The number of carbonyl (C=O) groups is 2. The molecule has 0 bridgehead atoms. The molecule has 1 aromatic heterocycles. The molecule has 0 aliphatic carbocycles. The number of nitrogens with zero attached hydrogens (tertiary/aromatic N) is 3. The predicted octanol–water partition coefficient (Wildman–Crippen LogP) is 2.55. The first-order valence-electron chi connectivity index (χ1n) is 8.94. The largest absolute Gasteiger partial charge is 0.449 e. The van der Waals surface area contributed by atoms with Crippen LogP contribution in [0.15, 0.2) is 48.5 Å². The van der Waals surface area contributed by atoms with Gasteiger partial charge in [-0.3, -0.25) is 4.79 Å². The van der Waals surface area contributed by atoms with Crippen molar-refractivity contribution in [1.29, 1.82) is 0 Å². The van der Waals surface area contributed by atoms with Gasteiger partial charge in [0, 0.05) is 6.54 Å². The summed E-state index contributed by atoms with van der Waals surface area (Å²) in [7, 11) is 0. The molecule has 0 saturated carbocycles. The lowest BCUT2D eigenvalue weighted by molar-refractivity contribution is -0.129. The van der Waals surface area contributed by atoms with Gasteiger partial charge in [0.25, 0.3) is 5.91 Å².